The maximum Gasteiger partial charge on any atom is 0.235 e. The molecule has 0 saturated carbocycles. The lowest BCUT2D eigenvalue weighted by molar-refractivity contribution is 0.411. The summed E-state index contributed by atoms with van der Waals surface area (Å²) in [6.07, 6.45) is 2.80. The van der Waals surface area contributed by atoms with Gasteiger partial charge < -0.3 is 4.90 Å². The van der Waals surface area contributed by atoms with Crippen molar-refractivity contribution in [3.8, 4) is 0 Å². The van der Waals surface area contributed by atoms with Gasteiger partial charge in [0.15, 0.2) is 0 Å². The SMILES string of the molecule is CN1CCC(c2ccccc2CN=C=O)C1. The first-order chi connectivity index (χ1) is 7.81. The lowest BCUT2D eigenvalue weighted by Gasteiger charge is -2.14. The van der Waals surface area contributed by atoms with E-state index in [9.17, 15) is 4.79 Å². The number of hydrogen-bond donors (Lipinski definition) is 0. The zero-order valence-corrected chi connectivity index (χ0v) is 9.52. The van der Waals surface area contributed by atoms with Crippen LogP contribution in [0.25, 0.3) is 0 Å². The Bertz CT molecular complexity index is 410. The number of likely N-dealkylation sites (tertiary alicyclic amines) is 1. The molecule has 1 aliphatic heterocycles. The van der Waals surface area contributed by atoms with Gasteiger partial charge in [0.1, 0.15) is 0 Å². The summed E-state index contributed by atoms with van der Waals surface area (Å²) in [5.74, 6) is 0.586. The molecule has 1 atom stereocenters. The first-order valence-electron chi connectivity index (χ1n) is 5.61. The van der Waals surface area contributed by atoms with E-state index in [0.717, 1.165) is 18.7 Å². The van der Waals surface area contributed by atoms with Crippen LogP contribution in [0.5, 0.6) is 0 Å². The molecule has 0 aromatic heterocycles. The zero-order valence-electron chi connectivity index (χ0n) is 9.52. The molecule has 0 spiro atoms. The number of carbonyl (C=O) groups excluding carboxylic acids is 1. The highest BCUT2D eigenvalue weighted by molar-refractivity contribution is 5.36. The normalized spacial score (nSPS) is 20.7. The second-order valence-corrected chi connectivity index (χ2v) is 4.35. The molecule has 1 saturated heterocycles. The predicted molar refractivity (Wildman–Crippen MR) is 63.1 cm³/mol. The Morgan fingerprint density at radius 2 is 2.31 bits per heavy atom. The van der Waals surface area contributed by atoms with E-state index >= 15 is 0 Å². The third-order valence-electron chi connectivity index (χ3n) is 3.20. The van der Waals surface area contributed by atoms with Gasteiger partial charge in [-0.1, -0.05) is 24.3 Å². The van der Waals surface area contributed by atoms with E-state index in [0.29, 0.717) is 12.5 Å². The number of likely N-dealkylation sites (N-methyl/N-ethyl adjacent to an activating group) is 1. The molecule has 0 aliphatic carbocycles. The van der Waals surface area contributed by atoms with Crippen LogP contribution in [0.2, 0.25) is 0 Å². The van der Waals surface area contributed by atoms with Crippen LogP contribution in [0, 0.1) is 0 Å². The summed E-state index contributed by atoms with van der Waals surface area (Å²) in [4.78, 5) is 16.2. The standard InChI is InChI=1S/C13H16N2O/c1-15-7-6-12(9-15)13-5-3-2-4-11(13)8-14-10-16/h2-5,12H,6-9H2,1H3. The van der Waals surface area contributed by atoms with E-state index in [1.807, 2.05) is 6.07 Å². The molecule has 1 unspecified atom stereocenters. The van der Waals surface area contributed by atoms with Crippen LogP contribution in [-0.2, 0) is 11.3 Å². The molecule has 0 amide bonds. The second kappa shape index (κ2) is 5.06. The van der Waals surface area contributed by atoms with Gasteiger partial charge >= 0.3 is 0 Å². The van der Waals surface area contributed by atoms with Crippen LogP contribution in [0.15, 0.2) is 29.3 Å². The van der Waals surface area contributed by atoms with Gasteiger partial charge in [0.05, 0.1) is 6.54 Å². The minimum atomic E-state index is 0.458. The molecule has 16 heavy (non-hydrogen) atoms. The summed E-state index contributed by atoms with van der Waals surface area (Å²) >= 11 is 0. The summed E-state index contributed by atoms with van der Waals surface area (Å²) in [6.45, 7) is 2.71. The maximum absolute atomic E-state index is 10.2. The summed E-state index contributed by atoms with van der Waals surface area (Å²) in [7, 11) is 2.15. The van der Waals surface area contributed by atoms with Crippen molar-refractivity contribution < 1.29 is 4.79 Å². The number of benzene rings is 1. The Balaban J connectivity index is 2.22. The van der Waals surface area contributed by atoms with Crippen LogP contribution in [0.1, 0.15) is 23.5 Å². The van der Waals surface area contributed by atoms with Crippen molar-refractivity contribution in [3.63, 3.8) is 0 Å². The van der Waals surface area contributed by atoms with Gasteiger partial charge in [0.2, 0.25) is 6.08 Å². The number of isocyanates is 1. The van der Waals surface area contributed by atoms with Crippen LogP contribution in [-0.4, -0.2) is 31.1 Å². The first-order valence-corrected chi connectivity index (χ1v) is 5.61. The minimum absolute atomic E-state index is 0.458. The van der Waals surface area contributed by atoms with Crippen molar-refractivity contribution in [2.24, 2.45) is 4.99 Å². The van der Waals surface area contributed by atoms with E-state index in [-0.39, 0.29) is 0 Å². The van der Waals surface area contributed by atoms with Gasteiger partial charge in [-0.15, -0.1) is 0 Å². The van der Waals surface area contributed by atoms with Crippen molar-refractivity contribution in [1.82, 2.24) is 4.90 Å². The average molecular weight is 216 g/mol. The number of rotatable bonds is 3. The summed E-state index contributed by atoms with van der Waals surface area (Å²) in [5.41, 5.74) is 2.50. The molecule has 0 bridgehead atoms. The van der Waals surface area contributed by atoms with E-state index < -0.39 is 0 Å². The quantitative estimate of drug-likeness (QED) is 0.571. The summed E-state index contributed by atoms with van der Waals surface area (Å²) in [5, 5.41) is 0. The fourth-order valence-electron chi connectivity index (χ4n) is 2.38. The Kier molecular flexibility index (Phi) is 3.50. The summed E-state index contributed by atoms with van der Waals surface area (Å²) in [6, 6.07) is 8.26. The number of hydrogen-bond acceptors (Lipinski definition) is 3. The highest BCUT2D eigenvalue weighted by Crippen LogP contribution is 2.28. The van der Waals surface area contributed by atoms with E-state index in [1.54, 1.807) is 6.08 Å². The van der Waals surface area contributed by atoms with Gasteiger partial charge in [-0.3, -0.25) is 0 Å². The smallest absolute Gasteiger partial charge is 0.235 e. The van der Waals surface area contributed by atoms with Crippen molar-refractivity contribution in [2.45, 2.75) is 18.9 Å². The maximum atomic E-state index is 10.2. The van der Waals surface area contributed by atoms with Crippen molar-refractivity contribution in [2.75, 3.05) is 20.1 Å². The van der Waals surface area contributed by atoms with Crippen LogP contribution in [0.3, 0.4) is 0 Å². The topological polar surface area (TPSA) is 32.7 Å². The van der Waals surface area contributed by atoms with Gasteiger partial charge in [-0.25, -0.2) is 9.79 Å². The van der Waals surface area contributed by atoms with Crippen molar-refractivity contribution >= 4 is 6.08 Å². The van der Waals surface area contributed by atoms with Gasteiger partial charge in [0, 0.05) is 6.54 Å². The molecule has 0 N–H and O–H groups in total. The first kappa shape index (κ1) is 11.1. The molecule has 0 radical (unpaired) electrons. The van der Waals surface area contributed by atoms with E-state index in [2.05, 4.69) is 35.1 Å². The molecule has 1 aliphatic rings. The van der Waals surface area contributed by atoms with Crippen LogP contribution < -0.4 is 0 Å². The number of nitrogens with zero attached hydrogens (tertiary/aromatic N) is 2. The van der Waals surface area contributed by atoms with Crippen LogP contribution in [0.4, 0.5) is 0 Å². The Hall–Kier alpha value is -1.44. The predicted octanol–water partition coefficient (Wildman–Crippen LogP) is 1.94. The third-order valence-corrected chi connectivity index (χ3v) is 3.20. The highest BCUT2D eigenvalue weighted by Gasteiger charge is 2.22. The Labute approximate surface area is 95.8 Å². The fourth-order valence-corrected chi connectivity index (χ4v) is 2.38. The third kappa shape index (κ3) is 2.38. The van der Waals surface area contributed by atoms with Gasteiger partial charge in [-0.2, -0.15) is 0 Å². The molecule has 3 heteroatoms. The Morgan fingerprint density at radius 3 is 3.00 bits per heavy atom. The lowest BCUT2D eigenvalue weighted by Crippen LogP contribution is -2.13. The Morgan fingerprint density at radius 1 is 1.50 bits per heavy atom. The second-order valence-electron chi connectivity index (χ2n) is 4.35. The number of aliphatic imine (C=N–C) groups is 1. The molecule has 84 valence electrons. The molecule has 1 fully saturated rings. The summed E-state index contributed by atoms with van der Waals surface area (Å²) < 4.78 is 0. The highest BCUT2D eigenvalue weighted by atomic mass is 16.1. The van der Waals surface area contributed by atoms with Crippen LogP contribution >= 0.6 is 0 Å². The molecule has 2 rings (SSSR count). The average Bonchev–Trinajstić information content (AvgIpc) is 2.73. The van der Waals surface area contributed by atoms with E-state index in [1.165, 1.54) is 12.0 Å². The van der Waals surface area contributed by atoms with Gasteiger partial charge in [-0.05, 0) is 37.1 Å². The fraction of sp³-hybridized carbons (Fsp3) is 0.462. The molecule has 1 heterocycles. The molecular weight excluding hydrogens is 200 g/mol. The van der Waals surface area contributed by atoms with Crippen molar-refractivity contribution in [3.05, 3.63) is 35.4 Å². The molecular formula is C13H16N2O. The minimum Gasteiger partial charge on any atom is -0.306 e. The van der Waals surface area contributed by atoms with Gasteiger partial charge in [0.25, 0.3) is 0 Å². The molecule has 3 nitrogen and oxygen atoms in total. The molecule has 1 aromatic carbocycles. The lowest BCUT2D eigenvalue weighted by atomic mass is 9.93. The van der Waals surface area contributed by atoms with Crippen molar-refractivity contribution in [1.29, 1.82) is 0 Å². The zero-order chi connectivity index (χ0) is 11.4. The van der Waals surface area contributed by atoms with E-state index in [4.69, 9.17) is 0 Å². The monoisotopic (exact) mass is 216 g/mol. The largest absolute Gasteiger partial charge is 0.306 e. The molecule has 1 aromatic rings.